The van der Waals surface area contributed by atoms with Crippen LogP contribution in [-0.2, 0) is 17.9 Å². The summed E-state index contributed by atoms with van der Waals surface area (Å²) in [6, 6.07) is 62.4. The van der Waals surface area contributed by atoms with Crippen LogP contribution in [-0.4, -0.2) is 4.57 Å². The Morgan fingerprint density at radius 3 is 1.57 bits per heavy atom. The van der Waals surface area contributed by atoms with E-state index in [-0.39, 0.29) is 10.8 Å². The van der Waals surface area contributed by atoms with Crippen LogP contribution < -0.4 is 4.90 Å². The normalized spacial score (nSPS) is 13.1. The number of para-hydroxylation sites is 1. The molecule has 0 amide bonds. The van der Waals surface area contributed by atoms with Crippen molar-refractivity contribution in [3.05, 3.63) is 187 Å². The summed E-state index contributed by atoms with van der Waals surface area (Å²) < 4.78 is 2.37. The molecule has 0 saturated heterocycles. The van der Waals surface area contributed by atoms with Crippen molar-refractivity contribution < 1.29 is 0 Å². The number of hydrogen-bond donors (Lipinski definition) is 0. The molecule has 0 fully saturated rings. The molecule has 2 heteroatoms. The largest absolute Gasteiger partial charge is 0.347 e. The van der Waals surface area contributed by atoms with E-state index in [1.54, 1.807) is 0 Å². The van der Waals surface area contributed by atoms with Gasteiger partial charge in [-0.25, -0.2) is 0 Å². The molecule has 1 aromatic heterocycles. The minimum Gasteiger partial charge on any atom is -0.347 e. The van der Waals surface area contributed by atoms with Gasteiger partial charge in [-0.2, -0.15) is 0 Å². The molecule has 54 heavy (non-hydrogen) atoms. The molecular weight excluding hydrogens is 653 g/mol. The van der Waals surface area contributed by atoms with Gasteiger partial charge in [-0.15, -0.1) is 0 Å². The highest BCUT2D eigenvalue weighted by molar-refractivity contribution is 5.99. The second-order valence-electron chi connectivity index (χ2n) is 16.3. The maximum Gasteiger partial charge on any atom is 0.0486 e. The van der Waals surface area contributed by atoms with Crippen molar-refractivity contribution in [2.75, 3.05) is 4.90 Å². The Morgan fingerprint density at radius 2 is 0.944 bits per heavy atom. The number of fused-ring (bicyclic) bond motifs is 4. The summed E-state index contributed by atoms with van der Waals surface area (Å²) >= 11 is 0. The van der Waals surface area contributed by atoms with Crippen molar-refractivity contribution in [3.63, 3.8) is 0 Å². The maximum absolute atomic E-state index is 2.41. The fourth-order valence-corrected chi connectivity index (χ4v) is 8.91. The summed E-state index contributed by atoms with van der Waals surface area (Å²) in [6.07, 6.45) is 0. The topological polar surface area (TPSA) is 8.17 Å². The first kappa shape index (κ1) is 33.7. The van der Waals surface area contributed by atoms with Gasteiger partial charge in [-0.3, -0.25) is 0 Å². The predicted molar refractivity (Wildman–Crippen MR) is 230 cm³/mol. The van der Waals surface area contributed by atoms with E-state index in [1.165, 1.54) is 72.2 Å². The van der Waals surface area contributed by atoms with Gasteiger partial charge in [0.2, 0.25) is 0 Å². The first-order valence-corrected chi connectivity index (χ1v) is 19.1. The van der Waals surface area contributed by atoms with Gasteiger partial charge in [-0.1, -0.05) is 162 Å². The van der Waals surface area contributed by atoms with Crippen molar-refractivity contribution >= 4 is 28.0 Å². The van der Waals surface area contributed by atoms with Crippen LogP contribution in [0.3, 0.4) is 0 Å². The van der Waals surface area contributed by atoms with Crippen molar-refractivity contribution in [2.24, 2.45) is 7.05 Å². The average molecular weight is 699 g/mol. The zero-order valence-corrected chi connectivity index (χ0v) is 32.1. The SMILES string of the molecule is Cn1c(C(C)(C)C)c(-c2ccc(-c3ccc(N(c4ccc(-c5ccccc5)cc4)c4ccc5c(c4)C(C)(C)c4ccccc4-5)cc3)cc2)c2ccccc21. The second kappa shape index (κ2) is 12.8. The van der Waals surface area contributed by atoms with E-state index in [1.807, 2.05) is 0 Å². The van der Waals surface area contributed by atoms with Gasteiger partial charge in [0, 0.05) is 57.1 Å². The summed E-state index contributed by atoms with van der Waals surface area (Å²) in [7, 11) is 2.20. The molecule has 0 saturated carbocycles. The van der Waals surface area contributed by atoms with E-state index in [0.29, 0.717) is 0 Å². The third-order valence-electron chi connectivity index (χ3n) is 11.5. The molecule has 0 bridgehead atoms. The van der Waals surface area contributed by atoms with Crippen LogP contribution in [0, 0.1) is 0 Å². The van der Waals surface area contributed by atoms with Crippen molar-refractivity contribution in [3.8, 4) is 44.5 Å². The zero-order valence-electron chi connectivity index (χ0n) is 32.1. The molecule has 7 aromatic carbocycles. The first-order valence-electron chi connectivity index (χ1n) is 19.1. The highest BCUT2D eigenvalue weighted by Gasteiger charge is 2.35. The molecule has 0 aliphatic heterocycles. The number of nitrogens with zero attached hydrogens (tertiary/aromatic N) is 2. The molecular formula is C52H46N2. The Kier molecular flexibility index (Phi) is 7.97. The van der Waals surface area contributed by atoms with Gasteiger partial charge >= 0.3 is 0 Å². The van der Waals surface area contributed by atoms with Gasteiger partial charge < -0.3 is 9.47 Å². The molecule has 0 spiro atoms. The van der Waals surface area contributed by atoms with Crippen molar-refractivity contribution in [2.45, 2.75) is 45.4 Å². The molecule has 1 aliphatic carbocycles. The first-order chi connectivity index (χ1) is 26.1. The third-order valence-corrected chi connectivity index (χ3v) is 11.5. The Bertz CT molecular complexity index is 2630. The molecule has 9 rings (SSSR count). The monoisotopic (exact) mass is 698 g/mol. The van der Waals surface area contributed by atoms with Crippen LogP contribution in [0.1, 0.15) is 51.4 Å². The van der Waals surface area contributed by atoms with Crippen LogP contribution in [0.25, 0.3) is 55.4 Å². The Balaban J connectivity index is 1.09. The molecule has 8 aromatic rings. The third kappa shape index (κ3) is 5.56. The minimum atomic E-state index is -0.0829. The smallest absolute Gasteiger partial charge is 0.0486 e. The van der Waals surface area contributed by atoms with Gasteiger partial charge in [0.25, 0.3) is 0 Å². The number of rotatable bonds is 6. The lowest BCUT2D eigenvalue weighted by Gasteiger charge is -2.28. The number of hydrogen-bond acceptors (Lipinski definition) is 1. The summed E-state index contributed by atoms with van der Waals surface area (Å²) in [5.74, 6) is 0. The van der Waals surface area contributed by atoms with E-state index in [9.17, 15) is 0 Å². The van der Waals surface area contributed by atoms with Crippen LogP contribution in [0.4, 0.5) is 17.1 Å². The Labute approximate surface area is 320 Å². The number of aromatic nitrogens is 1. The Morgan fingerprint density at radius 1 is 0.463 bits per heavy atom. The zero-order chi connectivity index (χ0) is 37.2. The number of anilines is 3. The van der Waals surface area contributed by atoms with Crippen LogP contribution in [0.2, 0.25) is 0 Å². The Hall–Kier alpha value is -6.12. The van der Waals surface area contributed by atoms with Crippen molar-refractivity contribution in [1.82, 2.24) is 4.57 Å². The van der Waals surface area contributed by atoms with Crippen LogP contribution >= 0.6 is 0 Å². The fourth-order valence-electron chi connectivity index (χ4n) is 8.91. The minimum absolute atomic E-state index is 0.00388. The molecule has 1 aliphatic rings. The standard InChI is InChI=1S/C52H46N2/c1-51(2,3)50-49(45-17-11-13-19-48(45)53(50)6)39-22-20-36(21-23-39)38-26-30-41(31-27-38)54(40-28-24-37(25-29-40)35-14-8-7-9-15-35)42-32-33-44-43-16-10-12-18-46(43)52(4,5)47(44)34-42/h7-34H,1-6H3. The van der Waals surface area contributed by atoms with Gasteiger partial charge in [0.05, 0.1) is 0 Å². The summed E-state index contributed by atoms with van der Waals surface area (Å²) in [5.41, 5.74) is 18.8. The van der Waals surface area contributed by atoms with E-state index < -0.39 is 0 Å². The fraction of sp³-hybridized carbons (Fsp3) is 0.154. The number of aryl methyl sites for hydroxylation is 1. The lowest BCUT2D eigenvalue weighted by Crippen LogP contribution is -2.17. The highest BCUT2D eigenvalue weighted by atomic mass is 15.1. The van der Waals surface area contributed by atoms with E-state index in [2.05, 4.69) is 221 Å². The molecule has 0 atom stereocenters. The lowest BCUT2D eigenvalue weighted by atomic mass is 9.82. The lowest BCUT2D eigenvalue weighted by molar-refractivity contribution is 0.549. The van der Waals surface area contributed by atoms with E-state index in [0.717, 1.165) is 17.1 Å². The van der Waals surface area contributed by atoms with Crippen molar-refractivity contribution in [1.29, 1.82) is 0 Å². The maximum atomic E-state index is 2.41. The highest BCUT2D eigenvalue weighted by Crippen LogP contribution is 2.51. The summed E-state index contributed by atoms with van der Waals surface area (Å²) in [6.45, 7) is 11.6. The summed E-state index contributed by atoms with van der Waals surface area (Å²) in [4.78, 5) is 2.40. The molecule has 0 N–H and O–H groups in total. The van der Waals surface area contributed by atoms with Crippen LogP contribution in [0.15, 0.2) is 170 Å². The van der Waals surface area contributed by atoms with E-state index >= 15 is 0 Å². The van der Waals surface area contributed by atoms with Gasteiger partial charge in [-0.05, 0) is 92.5 Å². The molecule has 2 nitrogen and oxygen atoms in total. The van der Waals surface area contributed by atoms with Gasteiger partial charge in [0.1, 0.15) is 0 Å². The molecule has 0 unspecified atom stereocenters. The van der Waals surface area contributed by atoms with E-state index in [4.69, 9.17) is 0 Å². The van der Waals surface area contributed by atoms with Crippen LogP contribution in [0.5, 0.6) is 0 Å². The summed E-state index contributed by atoms with van der Waals surface area (Å²) in [5, 5.41) is 1.30. The predicted octanol–water partition coefficient (Wildman–Crippen LogP) is 14.3. The second-order valence-corrected chi connectivity index (χ2v) is 16.3. The molecule has 0 radical (unpaired) electrons. The average Bonchev–Trinajstić information content (AvgIpc) is 3.63. The molecule has 1 heterocycles. The number of benzene rings is 7. The molecule has 264 valence electrons. The quantitative estimate of drug-likeness (QED) is 0.168. The van der Waals surface area contributed by atoms with Gasteiger partial charge in [0.15, 0.2) is 0 Å².